The highest BCUT2D eigenvalue weighted by atomic mass is 19.4. The minimum atomic E-state index is -4.78. The Balaban J connectivity index is 0.000000122. The van der Waals surface area contributed by atoms with Gasteiger partial charge in [-0.1, -0.05) is 63.8 Å². The van der Waals surface area contributed by atoms with Crippen molar-refractivity contribution in [3.63, 3.8) is 0 Å². The maximum Gasteiger partial charge on any atom is 0.414 e. The van der Waals surface area contributed by atoms with Gasteiger partial charge in [-0.05, 0) is 167 Å². The Morgan fingerprint density at radius 1 is 0.427 bits per heavy atom. The second kappa shape index (κ2) is 34.7. The van der Waals surface area contributed by atoms with Crippen LogP contribution < -0.4 is 60.5 Å². The molecule has 2 saturated carbocycles. The Bertz CT molecular complexity index is 4990. The minimum absolute atomic E-state index is 0.0104. The fourth-order valence-corrected chi connectivity index (χ4v) is 16.5. The number of nitrogens with one attached hydrogen (secondary N) is 4. The number of Topliss-reactive ketones (excluding diaryl/α,β-unsaturated/α-hetero) is 4. The van der Waals surface area contributed by atoms with Crippen LogP contribution in [0, 0.1) is 11.8 Å². The van der Waals surface area contributed by atoms with E-state index in [9.17, 15) is 56.6 Å². The quantitative estimate of drug-likeness (QED) is 0.0410. The molecule has 0 radical (unpaired) electrons. The van der Waals surface area contributed by atoms with Gasteiger partial charge in [0.15, 0.2) is 46.4 Å². The number of aliphatic hydroxyl groups is 2. The van der Waals surface area contributed by atoms with Gasteiger partial charge in [-0.25, -0.2) is 59.0 Å². The SMILES string of the molecule is CC(C)CCC(=O)c1ccc2c(n1)N(C(=O)Nc1ccccn1)[C@H]1CCN2C1.O=C(CC1CCCC1)c1ccc2c(n1)N(C(=O)Nc1ccccn1)[C@H]1CCN2C1.O=C(CCC1(O)CC1)c1ccc2c(n1)N(C(=O)Nc1ccccn1)[C@H]1CCN2C1.O=C(CC[C@@H](O)C(F)(F)F)c1ccc2c(n1)N(C(=O)Nc1ccccn1)[C@H]1CCN2C1. The summed E-state index contributed by atoms with van der Waals surface area (Å²) in [7, 11) is 0. The molecule has 8 amide bonds. The van der Waals surface area contributed by atoms with Crippen molar-refractivity contribution in [2.45, 2.75) is 165 Å². The number of hydrogen-bond donors (Lipinski definition) is 6. The maximum absolute atomic E-state index is 13.1. The van der Waals surface area contributed by atoms with E-state index in [-0.39, 0.29) is 77.5 Å². The molecular formula is C84H93F3N20O10. The van der Waals surface area contributed by atoms with E-state index >= 15 is 0 Å². The number of fused-ring (bicyclic) bond motifs is 16. The van der Waals surface area contributed by atoms with Crippen LogP contribution in [-0.4, -0.2) is 192 Å². The summed E-state index contributed by atoms with van der Waals surface area (Å²) in [6.07, 6.45) is 9.95. The van der Waals surface area contributed by atoms with Gasteiger partial charge in [0.2, 0.25) is 0 Å². The summed E-state index contributed by atoms with van der Waals surface area (Å²) < 4.78 is 37.5. The number of carbonyl (C=O) groups excluding carboxylic acids is 8. The molecule has 16 heterocycles. The Labute approximate surface area is 673 Å². The van der Waals surface area contributed by atoms with Gasteiger partial charge in [-0.3, -0.25) is 60.0 Å². The number of halogens is 3. The number of carbonyl (C=O) groups is 8. The van der Waals surface area contributed by atoms with Crippen molar-refractivity contribution in [3.05, 3.63) is 169 Å². The van der Waals surface area contributed by atoms with Crippen molar-refractivity contribution >= 4 is 117 Å². The summed E-state index contributed by atoms with van der Waals surface area (Å²) in [6.45, 7) is 10.5. The number of anilines is 12. The van der Waals surface area contributed by atoms with Crippen molar-refractivity contribution in [2.75, 3.05) is 113 Å². The van der Waals surface area contributed by atoms with Crippen LogP contribution in [-0.2, 0) is 0 Å². The van der Waals surface area contributed by atoms with E-state index in [1.807, 2.05) is 48.5 Å². The van der Waals surface area contributed by atoms with Gasteiger partial charge in [-0.15, -0.1) is 0 Å². The molecule has 8 aromatic rings. The van der Waals surface area contributed by atoms with Gasteiger partial charge in [0, 0.05) is 103 Å². The topological polar surface area (TPSA) is 354 Å². The predicted octanol–water partition coefficient (Wildman–Crippen LogP) is 13.2. The van der Waals surface area contributed by atoms with Gasteiger partial charge < -0.3 is 29.8 Å². The van der Waals surface area contributed by atoms with Crippen LogP contribution in [0.5, 0.6) is 0 Å². The van der Waals surface area contributed by atoms with E-state index in [0.29, 0.717) is 108 Å². The highest BCUT2D eigenvalue weighted by Crippen LogP contribution is 2.45. The molecule has 610 valence electrons. The van der Waals surface area contributed by atoms with Crippen LogP contribution >= 0.6 is 0 Å². The van der Waals surface area contributed by atoms with E-state index < -0.39 is 42.5 Å². The monoisotopic (exact) mass is 1600 g/mol. The number of ketones is 4. The summed E-state index contributed by atoms with van der Waals surface area (Å²) in [5.41, 5.74) is 3.90. The smallest absolute Gasteiger partial charge is 0.390 e. The molecule has 6 N–H and O–H groups in total. The third-order valence-electron chi connectivity index (χ3n) is 23.0. The van der Waals surface area contributed by atoms with Crippen molar-refractivity contribution < 1.29 is 61.7 Å². The van der Waals surface area contributed by atoms with Crippen LogP contribution in [0.4, 0.5) is 102 Å². The first-order chi connectivity index (χ1) is 56.5. The number of aliphatic hydroxyl groups excluding tert-OH is 1. The minimum Gasteiger partial charge on any atom is -0.390 e. The van der Waals surface area contributed by atoms with Crippen LogP contribution in [0.15, 0.2) is 146 Å². The molecule has 8 aromatic heterocycles. The zero-order valence-corrected chi connectivity index (χ0v) is 65.0. The fourth-order valence-electron chi connectivity index (χ4n) is 16.5. The van der Waals surface area contributed by atoms with E-state index in [4.69, 9.17) is 10.1 Å². The van der Waals surface area contributed by atoms with Crippen molar-refractivity contribution in [1.82, 2.24) is 39.9 Å². The van der Waals surface area contributed by atoms with Gasteiger partial charge >= 0.3 is 30.3 Å². The molecule has 5 atom stereocenters. The third-order valence-corrected chi connectivity index (χ3v) is 23.0. The molecule has 10 aliphatic rings. The van der Waals surface area contributed by atoms with Gasteiger partial charge in [-0.2, -0.15) is 13.2 Å². The Kier molecular flexibility index (Phi) is 23.8. The predicted molar refractivity (Wildman–Crippen MR) is 435 cm³/mol. The number of amides is 8. The van der Waals surface area contributed by atoms with Crippen LogP contribution in [0.2, 0.25) is 0 Å². The Hall–Kier alpha value is -12.1. The maximum atomic E-state index is 13.1. The standard InChI is InChI=1S/C22H25N5O2.C21H23N5O3.C21H25N5O2.C20H20F3N5O3/c28-19(13-15-5-1-2-6-15)17-8-9-18-21(24-17)27(16-10-12-26(18)14-16)22(29)25-20-7-3-4-11-23-20;27-17(6-8-21(29)9-10-21)15-4-5-16-19(23-15)26(14-7-12-25(16)13-14)20(28)24-18-3-1-2-11-22-18;1-14(2)6-9-18(27)16-7-8-17-20(23-16)26(15-10-12-25(17)13-15)21(28)24-19-5-3-4-11-22-19;21-20(22,23)16(30)7-6-15(29)13-4-5-14-18(25-13)28(12-8-10-27(14)11-12)19(31)26-17-3-1-2-9-24-17/h3-4,7-9,11,15-16H,1-2,5-6,10,12-14H2,(H,23,25,29);1-5,11,14,29H,6-10,12-13H2,(H,22,24,28);3-5,7-8,11,14-15H,6,9-10,12-13H2,1-2H3,(H,22,24,28);1-5,9,12,16,30H,6-8,10-11H2,(H,24,26,31)/t16-;14-;15-;12-,16+/m0000/s1. The number of nitrogens with zero attached hydrogens (tertiary/aromatic N) is 16. The summed E-state index contributed by atoms with van der Waals surface area (Å²) >= 11 is 0. The number of alkyl halides is 3. The lowest BCUT2D eigenvalue weighted by molar-refractivity contribution is -0.204. The summed E-state index contributed by atoms with van der Waals surface area (Å²) in [6, 6.07) is 34.1. The van der Waals surface area contributed by atoms with Gasteiger partial charge in [0.05, 0.1) is 52.5 Å². The lowest BCUT2D eigenvalue weighted by atomic mass is 9.99. The van der Waals surface area contributed by atoms with E-state index in [1.54, 1.807) is 106 Å². The van der Waals surface area contributed by atoms with Crippen molar-refractivity contribution in [2.24, 2.45) is 11.8 Å². The molecule has 4 saturated heterocycles. The molecule has 8 bridgehead atoms. The highest BCUT2D eigenvalue weighted by Gasteiger charge is 2.47. The number of pyridine rings is 8. The second-order valence-corrected chi connectivity index (χ2v) is 31.6. The highest BCUT2D eigenvalue weighted by molar-refractivity contribution is 6.09. The summed E-state index contributed by atoms with van der Waals surface area (Å²) in [5.74, 6) is 4.10. The molecule has 30 nitrogen and oxygen atoms in total. The first kappa shape index (κ1) is 80.1. The van der Waals surface area contributed by atoms with Crippen LogP contribution in [0.25, 0.3) is 0 Å². The average Bonchev–Trinajstić information content (AvgIpc) is 1.68. The summed E-state index contributed by atoms with van der Waals surface area (Å²) in [5, 5.41) is 30.4. The van der Waals surface area contributed by atoms with E-state index in [2.05, 4.69) is 89.6 Å². The number of hydrogen-bond acceptors (Lipinski definition) is 22. The normalized spacial score (nSPS) is 19.4. The van der Waals surface area contributed by atoms with Crippen molar-refractivity contribution in [1.29, 1.82) is 0 Å². The average molecular weight is 1600 g/mol. The number of urea groups is 4. The molecule has 8 aliphatic heterocycles. The van der Waals surface area contributed by atoms with Crippen LogP contribution in [0.1, 0.15) is 165 Å². The lowest BCUT2D eigenvalue weighted by Crippen LogP contribution is -2.48. The third kappa shape index (κ3) is 18.4. The lowest BCUT2D eigenvalue weighted by Gasteiger charge is -2.35. The van der Waals surface area contributed by atoms with Crippen LogP contribution in [0.3, 0.4) is 0 Å². The zero-order chi connectivity index (χ0) is 81.7. The summed E-state index contributed by atoms with van der Waals surface area (Å²) in [4.78, 5) is 153. The number of aromatic nitrogens is 8. The number of rotatable bonds is 19. The molecule has 2 aliphatic carbocycles. The zero-order valence-electron chi connectivity index (χ0n) is 65.0. The molecule has 117 heavy (non-hydrogen) atoms. The molecule has 33 heteroatoms. The van der Waals surface area contributed by atoms with Crippen molar-refractivity contribution in [3.8, 4) is 0 Å². The fraction of sp³-hybridized carbons (Fsp3) is 0.429. The Morgan fingerprint density at radius 3 is 1.03 bits per heavy atom. The van der Waals surface area contributed by atoms with E-state index in [0.717, 1.165) is 114 Å². The first-order valence-electron chi connectivity index (χ1n) is 40.2. The molecule has 0 aromatic carbocycles. The molecule has 0 unspecified atom stereocenters. The molecule has 6 fully saturated rings. The first-order valence-corrected chi connectivity index (χ1v) is 40.2. The van der Waals surface area contributed by atoms with E-state index in [1.165, 1.54) is 23.8 Å². The Morgan fingerprint density at radius 2 is 0.735 bits per heavy atom. The van der Waals surface area contributed by atoms with Gasteiger partial charge in [0.25, 0.3) is 0 Å². The molecular weight excluding hydrogens is 1510 g/mol. The second-order valence-electron chi connectivity index (χ2n) is 31.6. The molecule has 18 rings (SSSR count). The largest absolute Gasteiger partial charge is 0.414 e. The molecule has 0 spiro atoms. The van der Waals surface area contributed by atoms with Gasteiger partial charge in [0.1, 0.15) is 52.2 Å².